The van der Waals surface area contributed by atoms with Crippen molar-refractivity contribution >= 4 is 47.1 Å². The van der Waals surface area contributed by atoms with Crippen molar-refractivity contribution in [2.75, 3.05) is 36.9 Å². The Balaban J connectivity index is 1.22. The van der Waals surface area contributed by atoms with E-state index in [0.717, 1.165) is 84.2 Å². The number of nitrogens with one attached hydrogen (secondary N) is 1. The monoisotopic (exact) mass is 650 g/mol. The normalized spacial score (nSPS) is 15.2. The summed E-state index contributed by atoms with van der Waals surface area (Å²) in [6.07, 6.45) is 4.72. The Hall–Kier alpha value is -3.29. The summed E-state index contributed by atoms with van der Waals surface area (Å²) in [6, 6.07) is 13.4. The average Bonchev–Trinajstić information content (AvgIpc) is 3.60. The van der Waals surface area contributed by atoms with Gasteiger partial charge in [-0.3, -0.25) is 0 Å². The van der Waals surface area contributed by atoms with Crippen molar-refractivity contribution < 1.29 is 19.7 Å². The molecule has 5 N–H and O–H groups in total. The number of aromatic nitrogens is 3. The number of piperidine rings is 1. The number of hydrogen-bond donors (Lipinski definition) is 4. The predicted molar refractivity (Wildman–Crippen MR) is 185 cm³/mol. The zero-order valence-corrected chi connectivity index (χ0v) is 28.6. The second kappa shape index (κ2) is 14.4. The minimum Gasteiger partial charge on any atom is -0.477 e. The zero-order valence-electron chi connectivity index (χ0n) is 26.8. The van der Waals surface area contributed by atoms with Crippen molar-refractivity contribution in [3.63, 3.8) is 0 Å². The number of fused-ring (bicyclic) bond motifs is 1. The maximum Gasteiger partial charge on any atom is 0.348 e. The van der Waals surface area contributed by atoms with Crippen molar-refractivity contribution in [1.82, 2.24) is 19.9 Å². The number of aromatic carboxylic acids is 1. The highest BCUT2D eigenvalue weighted by Crippen LogP contribution is 2.37. The van der Waals surface area contributed by atoms with Crippen LogP contribution in [0.1, 0.15) is 53.3 Å². The summed E-state index contributed by atoms with van der Waals surface area (Å²) in [6.45, 7) is 12.2. The molecule has 0 radical (unpaired) electrons. The molecule has 10 nitrogen and oxygen atoms in total. The maximum atomic E-state index is 11.7. The Morgan fingerprint density at radius 1 is 1.20 bits per heavy atom. The Kier molecular flexibility index (Phi) is 10.6. The molecule has 1 aromatic carbocycles. The van der Waals surface area contributed by atoms with E-state index < -0.39 is 20.1 Å². The van der Waals surface area contributed by atoms with Crippen LogP contribution in [0.25, 0.3) is 21.5 Å². The SMILES string of the molecule is CCCc1cc(N2CCC(NCC(O)c3nc(-c4ccccc4)cn3COCC[Si](C)(C)C)CC2)nc2sc(C(=O)O)c(N)c12. The number of aliphatic hydroxyl groups excluding tert-OH is 1. The number of anilines is 2. The fraction of sp³-hybridized carbons (Fsp3) is 0.485. The number of benzene rings is 1. The molecule has 3 aromatic heterocycles. The first-order valence-corrected chi connectivity index (χ1v) is 20.4. The minimum atomic E-state index is -1.20. The number of nitrogens with zero attached hydrogens (tertiary/aromatic N) is 4. The lowest BCUT2D eigenvalue weighted by Gasteiger charge is -2.34. The van der Waals surface area contributed by atoms with Gasteiger partial charge in [0.15, 0.2) is 0 Å². The molecular weight excluding hydrogens is 605 g/mol. The summed E-state index contributed by atoms with van der Waals surface area (Å²) < 4.78 is 7.97. The van der Waals surface area contributed by atoms with E-state index in [9.17, 15) is 15.0 Å². The number of nitrogen functional groups attached to an aromatic ring is 1. The molecule has 4 aromatic rings. The van der Waals surface area contributed by atoms with E-state index in [1.165, 1.54) is 0 Å². The van der Waals surface area contributed by atoms with Gasteiger partial charge in [0.25, 0.3) is 0 Å². The highest BCUT2D eigenvalue weighted by atomic mass is 32.1. The molecule has 4 heterocycles. The van der Waals surface area contributed by atoms with E-state index in [-0.39, 0.29) is 10.9 Å². The molecule has 1 aliphatic rings. The molecule has 0 saturated carbocycles. The Labute approximate surface area is 270 Å². The van der Waals surface area contributed by atoms with Crippen molar-refractivity contribution in [2.45, 2.75) is 77.2 Å². The minimum absolute atomic E-state index is 0.156. The summed E-state index contributed by atoms with van der Waals surface area (Å²) in [5, 5.41) is 25.2. The summed E-state index contributed by atoms with van der Waals surface area (Å²) >= 11 is 1.15. The Morgan fingerprint density at radius 2 is 1.93 bits per heavy atom. The summed E-state index contributed by atoms with van der Waals surface area (Å²) in [7, 11) is -1.20. The van der Waals surface area contributed by atoms with Crippen LogP contribution >= 0.6 is 11.3 Å². The molecule has 1 aliphatic heterocycles. The number of carboxylic acids is 1. The largest absolute Gasteiger partial charge is 0.477 e. The van der Waals surface area contributed by atoms with Gasteiger partial charge in [0.05, 0.1) is 11.4 Å². The smallest absolute Gasteiger partial charge is 0.348 e. The number of ether oxygens (including phenoxy) is 1. The number of thiophene rings is 1. The van der Waals surface area contributed by atoms with Crippen LogP contribution < -0.4 is 16.0 Å². The van der Waals surface area contributed by atoms with E-state index in [1.807, 2.05) is 41.1 Å². The van der Waals surface area contributed by atoms with E-state index in [1.54, 1.807) is 0 Å². The molecule has 1 atom stereocenters. The first-order chi connectivity index (χ1) is 21.5. The van der Waals surface area contributed by atoms with Gasteiger partial charge in [-0.25, -0.2) is 14.8 Å². The molecule has 0 amide bonds. The summed E-state index contributed by atoms with van der Waals surface area (Å²) in [5.74, 6) is 0.456. The van der Waals surface area contributed by atoms with Gasteiger partial charge >= 0.3 is 5.97 Å². The quantitative estimate of drug-likeness (QED) is 0.0957. The fourth-order valence-electron chi connectivity index (χ4n) is 5.74. The molecule has 0 spiro atoms. The van der Waals surface area contributed by atoms with E-state index in [4.69, 9.17) is 20.4 Å². The number of aryl methyl sites for hydroxylation is 1. The molecule has 5 rings (SSSR count). The molecule has 0 bridgehead atoms. The van der Waals surface area contributed by atoms with Crippen LogP contribution in [0.5, 0.6) is 0 Å². The Morgan fingerprint density at radius 3 is 2.60 bits per heavy atom. The number of imidazole rings is 1. The highest BCUT2D eigenvalue weighted by Gasteiger charge is 2.25. The standard InChI is InChI=1S/C33H46N6O4SSi/c1-5-9-23-18-27(37-32-28(23)29(34)30(44-32)33(41)42)38-14-12-24(13-15-38)35-19-26(40)31-36-25(22-10-7-6-8-11-22)20-39(31)21-43-16-17-45(2,3)4/h6-8,10-11,18,20,24,26,35,40H,5,9,12-17,19,21,34H2,1-4H3,(H,41,42). The lowest BCUT2D eigenvalue weighted by molar-refractivity contribution is 0.0703. The van der Waals surface area contributed by atoms with Crippen LogP contribution in [0.15, 0.2) is 42.6 Å². The predicted octanol–water partition coefficient (Wildman–Crippen LogP) is 6.00. The van der Waals surface area contributed by atoms with E-state index in [2.05, 4.69) is 42.8 Å². The van der Waals surface area contributed by atoms with Crippen LogP contribution in [0.3, 0.4) is 0 Å². The van der Waals surface area contributed by atoms with Crippen LogP contribution in [0.4, 0.5) is 11.5 Å². The van der Waals surface area contributed by atoms with E-state index >= 15 is 0 Å². The van der Waals surface area contributed by atoms with Gasteiger partial charge < -0.3 is 35.5 Å². The van der Waals surface area contributed by atoms with Gasteiger partial charge in [0.1, 0.15) is 34.2 Å². The van der Waals surface area contributed by atoms with Crippen LogP contribution in [-0.4, -0.2) is 71.1 Å². The van der Waals surface area contributed by atoms with Gasteiger partial charge in [-0.2, -0.15) is 0 Å². The first kappa shape index (κ1) is 33.1. The van der Waals surface area contributed by atoms with Crippen molar-refractivity contribution in [3.05, 3.63) is 58.9 Å². The summed E-state index contributed by atoms with van der Waals surface area (Å²) in [4.78, 5) is 24.5. The number of aliphatic hydroxyl groups is 1. The van der Waals surface area contributed by atoms with Crippen LogP contribution in [0, 0.1) is 0 Å². The van der Waals surface area contributed by atoms with Gasteiger partial charge in [0.2, 0.25) is 0 Å². The molecule has 1 saturated heterocycles. The number of rotatable bonds is 14. The lowest BCUT2D eigenvalue weighted by Crippen LogP contribution is -2.44. The maximum absolute atomic E-state index is 11.7. The molecule has 12 heteroatoms. The third-order valence-electron chi connectivity index (χ3n) is 8.30. The van der Waals surface area contributed by atoms with Gasteiger partial charge in [0, 0.05) is 57.5 Å². The van der Waals surface area contributed by atoms with Crippen LogP contribution in [0.2, 0.25) is 25.7 Å². The molecular formula is C33H46N6O4SSi. The lowest BCUT2D eigenvalue weighted by atomic mass is 10.0. The third-order valence-corrected chi connectivity index (χ3v) is 11.1. The second-order valence-electron chi connectivity index (χ2n) is 13.1. The molecule has 242 valence electrons. The first-order valence-electron chi connectivity index (χ1n) is 15.9. The van der Waals surface area contributed by atoms with Gasteiger partial charge in [-0.15, -0.1) is 11.3 Å². The molecule has 0 aliphatic carbocycles. The fourth-order valence-corrected chi connectivity index (χ4v) is 7.47. The highest BCUT2D eigenvalue weighted by molar-refractivity contribution is 7.21. The van der Waals surface area contributed by atoms with Gasteiger partial charge in [-0.05, 0) is 36.9 Å². The molecule has 1 fully saturated rings. The average molecular weight is 651 g/mol. The van der Waals surface area contributed by atoms with Crippen molar-refractivity contribution in [3.8, 4) is 11.3 Å². The number of nitrogens with two attached hydrogens (primary N) is 1. The Bertz CT molecular complexity index is 1590. The van der Waals surface area contributed by atoms with Crippen molar-refractivity contribution in [1.29, 1.82) is 0 Å². The zero-order chi connectivity index (χ0) is 32.1. The molecule has 1 unspecified atom stereocenters. The topological polar surface area (TPSA) is 139 Å². The summed E-state index contributed by atoms with van der Waals surface area (Å²) in [5.41, 5.74) is 9.44. The van der Waals surface area contributed by atoms with Gasteiger partial charge in [-0.1, -0.05) is 63.3 Å². The number of pyridine rings is 1. The molecule has 45 heavy (non-hydrogen) atoms. The van der Waals surface area contributed by atoms with E-state index in [0.29, 0.717) is 36.2 Å². The number of hydrogen-bond acceptors (Lipinski definition) is 9. The number of carbonyl (C=O) groups is 1. The second-order valence-corrected chi connectivity index (χ2v) is 19.7. The van der Waals surface area contributed by atoms with Crippen molar-refractivity contribution in [2.24, 2.45) is 0 Å². The third kappa shape index (κ3) is 8.11. The number of carboxylic acid groups (broad SMARTS) is 1. The van der Waals surface area contributed by atoms with Crippen LogP contribution in [-0.2, 0) is 17.9 Å².